The zero-order valence-corrected chi connectivity index (χ0v) is 22.0. The summed E-state index contributed by atoms with van der Waals surface area (Å²) in [7, 11) is 0. The Kier molecular flexibility index (Phi) is 5.24. The van der Waals surface area contributed by atoms with E-state index in [4.69, 9.17) is 4.74 Å². The van der Waals surface area contributed by atoms with Crippen molar-refractivity contribution in [3.8, 4) is 17.3 Å². The van der Waals surface area contributed by atoms with E-state index in [1.807, 2.05) is 65.2 Å². The van der Waals surface area contributed by atoms with Crippen molar-refractivity contribution in [2.75, 3.05) is 0 Å². The van der Waals surface area contributed by atoms with Gasteiger partial charge in [-0.1, -0.05) is 59.4 Å². The van der Waals surface area contributed by atoms with Crippen LogP contribution in [0.4, 0.5) is 0 Å². The van der Waals surface area contributed by atoms with Gasteiger partial charge >= 0.3 is 21.1 Å². The van der Waals surface area contributed by atoms with E-state index in [9.17, 15) is 0 Å². The Bertz CT molecular complexity index is 2130. The minimum Gasteiger partial charge on any atom is -0.509 e. The molecule has 0 atom stereocenters. The average molecular weight is 671 g/mol. The van der Waals surface area contributed by atoms with Gasteiger partial charge in [0.15, 0.2) is 5.65 Å². The fraction of sp³-hybridized carbons (Fsp3) is 0. The first-order valence-electron chi connectivity index (χ1n) is 12.0. The van der Waals surface area contributed by atoms with Crippen molar-refractivity contribution >= 4 is 49.1 Å². The predicted octanol–water partition coefficient (Wildman–Crippen LogP) is 6.92. The molecule has 0 saturated carbocycles. The van der Waals surface area contributed by atoms with Gasteiger partial charge in [0.2, 0.25) is 0 Å². The van der Waals surface area contributed by atoms with Crippen LogP contribution in [0.3, 0.4) is 0 Å². The summed E-state index contributed by atoms with van der Waals surface area (Å²) in [6.45, 7) is 0. The SMILES string of the molecule is [Pt+2].[c-]1c(Oc2[c-]c3c(cc2)c2ccccc2c2ncnn32)ccc2c3ccccc3n(-c3ccccn3)c12. The zero-order chi connectivity index (χ0) is 24.3. The van der Waals surface area contributed by atoms with Gasteiger partial charge in [0.25, 0.3) is 0 Å². The first-order chi connectivity index (χ1) is 18.3. The molecule has 0 bridgehead atoms. The van der Waals surface area contributed by atoms with Crippen LogP contribution >= 0.6 is 0 Å². The molecular formula is C31H17N5OPt. The fourth-order valence-electron chi connectivity index (χ4n) is 5.19. The normalized spacial score (nSPS) is 11.5. The molecule has 0 radical (unpaired) electrons. The maximum atomic E-state index is 6.31. The maximum Gasteiger partial charge on any atom is 2.00 e. The summed E-state index contributed by atoms with van der Waals surface area (Å²) in [4.78, 5) is 9.08. The number of rotatable bonds is 3. The summed E-state index contributed by atoms with van der Waals surface area (Å²) in [5.41, 5.74) is 3.59. The molecule has 0 fully saturated rings. The van der Waals surface area contributed by atoms with Crippen LogP contribution in [0.1, 0.15) is 0 Å². The van der Waals surface area contributed by atoms with Crippen molar-refractivity contribution in [2.24, 2.45) is 0 Å². The standard InChI is InChI=1S/C31H17N5O.Pt/c1-2-9-26-22(7-1)24-14-12-21(18-29(24)36-31(26)33-19-34-36)37-20-13-15-25-23-8-3-4-10-27(23)35(28(25)17-20)30-11-5-6-16-32-30;/h1-16,19H;/q-2;+2. The van der Waals surface area contributed by atoms with Crippen LogP contribution in [-0.4, -0.2) is 24.1 Å². The van der Waals surface area contributed by atoms with E-state index in [1.54, 1.807) is 12.5 Å². The summed E-state index contributed by atoms with van der Waals surface area (Å²) < 4.78 is 10.2. The summed E-state index contributed by atoms with van der Waals surface area (Å²) in [5, 5.41) is 9.88. The molecule has 4 aromatic carbocycles. The van der Waals surface area contributed by atoms with Gasteiger partial charge in [-0.3, -0.25) is 0 Å². The van der Waals surface area contributed by atoms with E-state index in [0.717, 1.165) is 54.9 Å². The van der Waals surface area contributed by atoms with Crippen LogP contribution < -0.4 is 4.74 Å². The Hall–Kier alpha value is -4.54. The number of ether oxygens (including phenoxy) is 1. The van der Waals surface area contributed by atoms with E-state index in [-0.39, 0.29) is 21.1 Å². The first-order valence-corrected chi connectivity index (χ1v) is 12.0. The van der Waals surface area contributed by atoms with Crippen molar-refractivity contribution in [2.45, 2.75) is 0 Å². The van der Waals surface area contributed by atoms with Gasteiger partial charge in [0.1, 0.15) is 12.1 Å². The topological polar surface area (TPSA) is 57.2 Å². The summed E-state index contributed by atoms with van der Waals surface area (Å²) in [5.74, 6) is 2.01. The molecule has 38 heavy (non-hydrogen) atoms. The molecule has 0 spiro atoms. The molecule has 0 N–H and O–H groups in total. The van der Waals surface area contributed by atoms with Crippen LogP contribution in [0.25, 0.3) is 54.9 Å². The van der Waals surface area contributed by atoms with Crippen molar-refractivity contribution in [3.63, 3.8) is 0 Å². The molecule has 0 saturated heterocycles. The molecule has 4 aromatic heterocycles. The number of aromatic nitrogens is 5. The Balaban J connectivity index is 0.00000242. The van der Waals surface area contributed by atoms with Crippen molar-refractivity contribution < 1.29 is 25.8 Å². The molecule has 0 amide bonds. The van der Waals surface area contributed by atoms with Gasteiger partial charge in [-0.15, -0.1) is 35.0 Å². The Morgan fingerprint density at radius 3 is 2.08 bits per heavy atom. The Labute approximate surface area is 231 Å². The van der Waals surface area contributed by atoms with Crippen molar-refractivity contribution in [1.82, 2.24) is 24.1 Å². The Morgan fingerprint density at radius 2 is 1.29 bits per heavy atom. The molecule has 6 nitrogen and oxygen atoms in total. The number of para-hydroxylation sites is 1. The van der Waals surface area contributed by atoms with E-state index in [0.29, 0.717) is 11.5 Å². The van der Waals surface area contributed by atoms with Gasteiger partial charge in [-0.25, -0.2) is 14.5 Å². The third kappa shape index (κ3) is 3.34. The quantitative estimate of drug-likeness (QED) is 0.151. The Morgan fingerprint density at radius 1 is 0.605 bits per heavy atom. The van der Waals surface area contributed by atoms with Crippen LogP contribution in [0, 0.1) is 12.1 Å². The summed E-state index contributed by atoms with van der Waals surface area (Å²) in [6, 6.07) is 37.3. The molecule has 4 heterocycles. The van der Waals surface area contributed by atoms with Gasteiger partial charge < -0.3 is 9.30 Å². The van der Waals surface area contributed by atoms with E-state index < -0.39 is 0 Å². The zero-order valence-electron chi connectivity index (χ0n) is 19.8. The van der Waals surface area contributed by atoms with Crippen molar-refractivity contribution in [1.29, 1.82) is 0 Å². The number of pyridine rings is 2. The molecule has 0 aliphatic heterocycles. The first kappa shape index (κ1) is 22.6. The molecule has 0 unspecified atom stereocenters. The minimum atomic E-state index is 0. The van der Waals surface area contributed by atoms with E-state index >= 15 is 0 Å². The molecular weight excluding hydrogens is 653 g/mol. The van der Waals surface area contributed by atoms with Crippen LogP contribution in [0.2, 0.25) is 0 Å². The second kappa shape index (κ2) is 8.79. The molecule has 182 valence electrons. The number of fused-ring (bicyclic) bond motifs is 9. The van der Waals surface area contributed by atoms with E-state index in [2.05, 4.69) is 62.1 Å². The maximum absolute atomic E-state index is 6.31. The van der Waals surface area contributed by atoms with Gasteiger partial charge in [-0.2, -0.15) is 17.2 Å². The largest absolute Gasteiger partial charge is 2.00 e. The number of hydrogen-bond donors (Lipinski definition) is 0. The van der Waals surface area contributed by atoms with Crippen molar-refractivity contribution in [3.05, 3.63) is 116 Å². The molecule has 7 heteroatoms. The average Bonchev–Trinajstić information content (AvgIpc) is 3.57. The summed E-state index contributed by atoms with van der Waals surface area (Å²) in [6.07, 6.45) is 3.37. The molecule has 8 aromatic rings. The molecule has 0 aliphatic rings. The third-order valence-electron chi connectivity index (χ3n) is 6.77. The predicted molar refractivity (Wildman–Crippen MR) is 144 cm³/mol. The number of hydrogen-bond acceptors (Lipinski definition) is 4. The molecule has 8 rings (SSSR count). The smallest absolute Gasteiger partial charge is 0.509 e. The van der Waals surface area contributed by atoms with Crippen LogP contribution in [-0.2, 0) is 21.1 Å². The van der Waals surface area contributed by atoms with Crippen LogP contribution in [0.15, 0.2) is 104 Å². The fourth-order valence-corrected chi connectivity index (χ4v) is 5.19. The van der Waals surface area contributed by atoms with Gasteiger partial charge in [-0.05, 0) is 29.1 Å². The number of nitrogens with zero attached hydrogens (tertiary/aromatic N) is 5. The minimum absolute atomic E-state index is 0. The molecule has 0 aliphatic carbocycles. The second-order valence-corrected chi connectivity index (χ2v) is 8.85. The van der Waals surface area contributed by atoms with Crippen LogP contribution in [0.5, 0.6) is 11.5 Å². The third-order valence-corrected chi connectivity index (χ3v) is 6.77. The second-order valence-electron chi connectivity index (χ2n) is 8.85. The summed E-state index contributed by atoms with van der Waals surface area (Å²) >= 11 is 0. The van der Waals surface area contributed by atoms with Gasteiger partial charge in [0, 0.05) is 28.6 Å². The monoisotopic (exact) mass is 670 g/mol. The van der Waals surface area contributed by atoms with Gasteiger partial charge in [0.05, 0.1) is 0 Å². The number of benzene rings is 4. The van der Waals surface area contributed by atoms with E-state index in [1.165, 1.54) is 0 Å².